The molecule has 0 spiro atoms. The van der Waals surface area contributed by atoms with Crippen LogP contribution in [0.2, 0.25) is 0 Å². The molecule has 0 unspecified atom stereocenters. The second kappa shape index (κ2) is 3.49. The molecule has 1 aromatic rings. The van der Waals surface area contributed by atoms with E-state index in [9.17, 15) is 8.78 Å². The van der Waals surface area contributed by atoms with Crippen molar-refractivity contribution in [3.63, 3.8) is 0 Å². The van der Waals surface area contributed by atoms with Crippen LogP contribution in [-0.2, 0) is 6.54 Å². The molecule has 2 nitrogen and oxygen atoms in total. The Morgan fingerprint density at radius 3 is 2.50 bits per heavy atom. The summed E-state index contributed by atoms with van der Waals surface area (Å²) in [5, 5.41) is 0. The molecule has 0 amide bonds. The summed E-state index contributed by atoms with van der Waals surface area (Å²) in [7, 11) is 1.32. The van der Waals surface area contributed by atoms with E-state index in [1.54, 1.807) is 0 Å². The van der Waals surface area contributed by atoms with Crippen molar-refractivity contribution in [1.29, 1.82) is 0 Å². The smallest absolute Gasteiger partial charge is 0.167 e. The first kappa shape index (κ1) is 8.93. The van der Waals surface area contributed by atoms with Crippen LogP contribution in [0.15, 0.2) is 12.1 Å². The SMILES string of the molecule is COc1cc(CN)c(F)cc1F. The molecule has 0 aliphatic rings. The summed E-state index contributed by atoms with van der Waals surface area (Å²) in [6.45, 7) is 0.0302. The zero-order valence-electron chi connectivity index (χ0n) is 6.60. The molecule has 1 rings (SSSR count). The van der Waals surface area contributed by atoms with Gasteiger partial charge in [0.25, 0.3) is 0 Å². The number of benzene rings is 1. The normalized spacial score (nSPS) is 10.0. The Bertz CT molecular complexity index is 263. The summed E-state index contributed by atoms with van der Waals surface area (Å²) in [5.74, 6) is -1.35. The molecule has 12 heavy (non-hydrogen) atoms. The summed E-state index contributed by atoms with van der Waals surface area (Å²) < 4.78 is 30.2. The van der Waals surface area contributed by atoms with Gasteiger partial charge in [0.1, 0.15) is 5.82 Å². The van der Waals surface area contributed by atoms with Gasteiger partial charge in [0.15, 0.2) is 11.6 Å². The maximum atomic E-state index is 12.8. The van der Waals surface area contributed by atoms with Crippen LogP contribution in [0.1, 0.15) is 5.56 Å². The number of ether oxygens (including phenoxy) is 1. The molecule has 0 saturated carbocycles. The van der Waals surface area contributed by atoms with Gasteiger partial charge in [-0.2, -0.15) is 0 Å². The number of methoxy groups -OCH3 is 1. The molecule has 4 heteroatoms. The van der Waals surface area contributed by atoms with E-state index >= 15 is 0 Å². The molecule has 0 heterocycles. The van der Waals surface area contributed by atoms with E-state index < -0.39 is 11.6 Å². The highest BCUT2D eigenvalue weighted by atomic mass is 19.1. The third-order valence-electron chi connectivity index (χ3n) is 1.54. The summed E-state index contributed by atoms with van der Waals surface area (Å²) in [4.78, 5) is 0. The van der Waals surface area contributed by atoms with Gasteiger partial charge in [-0.05, 0) is 6.07 Å². The Labute approximate surface area is 68.9 Å². The Hall–Kier alpha value is -1.16. The molecule has 0 bridgehead atoms. The van der Waals surface area contributed by atoms with Crippen molar-refractivity contribution in [3.8, 4) is 5.75 Å². The largest absolute Gasteiger partial charge is 0.494 e. The molecular formula is C8H9F2NO. The van der Waals surface area contributed by atoms with Gasteiger partial charge in [-0.25, -0.2) is 8.78 Å². The molecule has 66 valence electrons. The summed E-state index contributed by atoms with van der Waals surface area (Å²) in [6, 6.07) is 2.02. The number of halogens is 2. The molecule has 0 fully saturated rings. The van der Waals surface area contributed by atoms with Crippen LogP contribution in [0.5, 0.6) is 5.75 Å². The average molecular weight is 173 g/mol. The summed E-state index contributed by atoms with van der Waals surface area (Å²) in [5.41, 5.74) is 5.45. The number of nitrogens with two attached hydrogens (primary N) is 1. The molecule has 1 aromatic carbocycles. The fraction of sp³-hybridized carbons (Fsp3) is 0.250. The quantitative estimate of drug-likeness (QED) is 0.734. The van der Waals surface area contributed by atoms with Crippen molar-refractivity contribution in [2.24, 2.45) is 5.73 Å². The number of rotatable bonds is 2. The monoisotopic (exact) mass is 173 g/mol. The van der Waals surface area contributed by atoms with E-state index in [-0.39, 0.29) is 17.9 Å². The Balaban J connectivity index is 3.18. The van der Waals surface area contributed by atoms with E-state index in [1.807, 2.05) is 0 Å². The van der Waals surface area contributed by atoms with Gasteiger partial charge >= 0.3 is 0 Å². The third-order valence-corrected chi connectivity index (χ3v) is 1.54. The van der Waals surface area contributed by atoms with Crippen molar-refractivity contribution in [2.45, 2.75) is 6.54 Å². The van der Waals surface area contributed by atoms with E-state index in [1.165, 1.54) is 13.2 Å². The van der Waals surface area contributed by atoms with Crippen LogP contribution in [0.3, 0.4) is 0 Å². The highest BCUT2D eigenvalue weighted by Gasteiger charge is 2.08. The first-order valence-corrected chi connectivity index (χ1v) is 3.41. The minimum atomic E-state index is -0.716. The highest BCUT2D eigenvalue weighted by molar-refractivity contribution is 5.31. The first-order chi connectivity index (χ1) is 5.69. The van der Waals surface area contributed by atoms with Crippen molar-refractivity contribution in [3.05, 3.63) is 29.3 Å². The number of hydrogen-bond donors (Lipinski definition) is 1. The minimum absolute atomic E-state index is 0.0110. The van der Waals surface area contributed by atoms with Gasteiger partial charge in [-0.3, -0.25) is 0 Å². The molecule has 0 aliphatic carbocycles. The van der Waals surface area contributed by atoms with Crippen LogP contribution in [0.4, 0.5) is 8.78 Å². The predicted octanol–water partition coefficient (Wildman–Crippen LogP) is 1.43. The standard InChI is InChI=1S/C8H9F2NO/c1-12-8-2-5(4-11)6(9)3-7(8)10/h2-3H,4,11H2,1H3. The van der Waals surface area contributed by atoms with Crippen LogP contribution >= 0.6 is 0 Å². The molecule has 0 saturated heterocycles. The fourth-order valence-electron chi connectivity index (χ4n) is 0.884. The van der Waals surface area contributed by atoms with Crippen molar-refractivity contribution in [1.82, 2.24) is 0 Å². The molecule has 2 N–H and O–H groups in total. The lowest BCUT2D eigenvalue weighted by atomic mass is 10.2. The van der Waals surface area contributed by atoms with Gasteiger partial charge < -0.3 is 10.5 Å². The first-order valence-electron chi connectivity index (χ1n) is 3.41. The van der Waals surface area contributed by atoms with Crippen LogP contribution in [0.25, 0.3) is 0 Å². The van der Waals surface area contributed by atoms with E-state index in [0.717, 1.165) is 6.07 Å². The lowest BCUT2D eigenvalue weighted by Crippen LogP contribution is -2.01. The molecular weight excluding hydrogens is 164 g/mol. The summed E-state index contributed by atoms with van der Waals surface area (Å²) >= 11 is 0. The zero-order valence-corrected chi connectivity index (χ0v) is 6.60. The maximum Gasteiger partial charge on any atom is 0.167 e. The number of hydrogen-bond acceptors (Lipinski definition) is 2. The van der Waals surface area contributed by atoms with Gasteiger partial charge in [0.2, 0.25) is 0 Å². The summed E-state index contributed by atoms with van der Waals surface area (Å²) in [6.07, 6.45) is 0. The lowest BCUT2D eigenvalue weighted by Gasteiger charge is -2.04. The average Bonchev–Trinajstić information content (AvgIpc) is 2.05. The Morgan fingerprint density at radius 1 is 1.33 bits per heavy atom. The molecule has 0 aliphatic heterocycles. The van der Waals surface area contributed by atoms with E-state index in [0.29, 0.717) is 0 Å². The van der Waals surface area contributed by atoms with Crippen molar-refractivity contribution >= 4 is 0 Å². The lowest BCUT2D eigenvalue weighted by molar-refractivity contribution is 0.383. The fourth-order valence-corrected chi connectivity index (χ4v) is 0.884. The van der Waals surface area contributed by atoms with E-state index in [2.05, 4.69) is 4.74 Å². The molecule has 0 aromatic heterocycles. The van der Waals surface area contributed by atoms with Crippen molar-refractivity contribution < 1.29 is 13.5 Å². The molecule has 0 atom stereocenters. The zero-order chi connectivity index (χ0) is 9.14. The highest BCUT2D eigenvalue weighted by Crippen LogP contribution is 2.20. The maximum absolute atomic E-state index is 12.8. The second-order valence-corrected chi connectivity index (χ2v) is 2.28. The van der Waals surface area contributed by atoms with Gasteiger partial charge in [0, 0.05) is 18.2 Å². The van der Waals surface area contributed by atoms with Gasteiger partial charge in [0.05, 0.1) is 7.11 Å². The Kier molecular flexibility index (Phi) is 2.60. The van der Waals surface area contributed by atoms with Crippen molar-refractivity contribution in [2.75, 3.05) is 7.11 Å². The minimum Gasteiger partial charge on any atom is -0.494 e. The second-order valence-electron chi connectivity index (χ2n) is 2.28. The predicted molar refractivity (Wildman–Crippen MR) is 40.8 cm³/mol. The Morgan fingerprint density at radius 2 is 2.00 bits per heavy atom. The molecule has 0 radical (unpaired) electrons. The van der Waals surface area contributed by atoms with Crippen LogP contribution < -0.4 is 10.5 Å². The van der Waals surface area contributed by atoms with Crippen LogP contribution in [0, 0.1) is 11.6 Å². The third kappa shape index (κ3) is 1.53. The van der Waals surface area contributed by atoms with Crippen LogP contribution in [-0.4, -0.2) is 7.11 Å². The van der Waals surface area contributed by atoms with Gasteiger partial charge in [-0.1, -0.05) is 0 Å². The van der Waals surface area contributed by atoms with E-state index in [4.69, 9.17) is 5.73 Å². The van der Waals surface area contributed by atoms with Gasteiger partial charge in [-0.15, -0.1) is 0 Å². The topological polar surface area (TPSA) is 35.2 Å².